The molecule has 1 amide bonds. The van der Waals surface area contributed by atoms with Crippen LogP contribution in [0, 0.1) is 0 Å². The maximum Gasteiger partial charge on any atom is 0.338 e. The van der Waals surface area contributed by atoms with Crippen LogP contribution in [0.3, 0.4) is 0 Å². The van der Waals surface area contributed by atoms with E-state index in [1.807, 2.05) is 12.1 Å². The number of anilines is 1. The van der Waals surface area contributed by atoms with Crippen LogP contribution in [-0.2, 0) is 24.8 Å². The molecule has 0 unspecified atom stereocenters. The Hall–Kier alpha value is -2.38. The van der Waals surface area contributed by atoms with Gasteiger partial charge in [0.1, 0.15) is 0 Å². The van der Waals surface area contributed by atoms with Gasteiger partial charge in [-0.25, -0.2) is 13.2 Å². The van der Waals surface area contributed by atoms with Crippen molar-refractivity contribution in [3.05, 3.63) is 58.6 Å². The second kappa shape index (κ2) is 8.32. The number of nitrogens with one attached hydrogen (secondary N) is 1. The lowest BCUT2D eigenvalue weighted by Gasteiger charge is -2.18. The van der Waals surface area contributed by atoms with E-state index in [9.17, 15) is 18.0 Å². The molecule has 6 nitrogen and oxygen atoms in total. The predicted molar refractivity (Wildman–Crippen MR) is 109 cm³/mol. The molecule has 2 aromatic rings. The van der Waals surface area contributed by atoms with Gasteiger partial charge in [0.15, 0.2) is 16.4 Å². The SMILES string of the molecule is CC(C)(C)c1ccc(C(=O)OCC(=O)Nc2cc(S(C)(=O)=O)ccc2Cl)cc1. The van der Waals surface area contributed by atoms with Crippen molar-refractivity contribution in [1.82, 2.24) is 0 Å². The fourth-order valence-corrected chi connectivity index (χ4v) is 3.15. The van der Waals surface area contributed by atoms with Crippen molar-refractivity contribution in [3.63, 3.8) is 0 Å². The van der Waals surface area contributed by atoms with Crippen LogP contribution >= 0.6 is 11.6 Å². The fourth-order valence-electron chi connectivity index (χ4n) is 2.34. The predicted octanol–water partition coefficient (Wildman–Crippen LogP) is 3.84. The quantitative estimate of drug-likeness (QED) is 0.738. The molecule has 0 aromatic heterocycles. The summed E-state index contributed by atoms with van der Waals surface area (Å²) in [5.41, 5.74) is 1.49. The minimum atomic E-state index is -3.45. The van der Waals surface area contributed by atoms with Gasteiger partial charge < -0.3 is 10.1 Å². The minimum absolute atomic E-state index is 0.0168. The smallest absolute Gasteiger partial charge is 0.338 e. The zero-order valence-corrected chi connectivity index (χ0v) is 17.6. The van der Waals surface area contributed by atoms with Crippen molar-refractivity contribution in [2.45, 2.75) is 31.1 Å². The molecule has 0 bridgehead atoms. The Balaban J connectivity index is 2.00. The lowest BCUT2D eigenvalue weighted by molar-refractivity contribution is -0.119. The number of ether oxygens (including phenoxy) is 1. The van der Waals surface area contributed by atoms with Crippen LogP contribution in [0.1, 0.15) is 36.7 Å². The number of rotatable bonds is 5. The molecule has 2 rings (SSSR count). The molecule has 0 saturated carbocycles. The second-order valence-corrected chi connectivity index (χ2v) is 9.79. The van der Waals surface area contributed by atoms with Gasteiger partial charge in [-0.05, 0) is 41.3 Å². The molecule has 28 heavy (non-hydrogen) atoms. The average molecular weight is 424 g/mol. The Morgan fingerprint density at radius 3 is 2.21 bits per heavy atom. The lowest BCUT2D eigenvalue weighted by Crippen LogP contribution is -2.21. The zero-order valence-electron chi connectivity index (χ0n) is 16.1. The molecule has 0 atom stereocenters. The number of amides is 1. The van der Waals surface area contributed by atoms with Gasteiger partial charge in [-0.1, -0.05) is 44.5 Å². The Labute approximate surface area is 169 Å². The molecular formula is C20H22ClNO5S. The van der Waals surface area contributed by atoms with E-state index in [0.717, 1.165) is 11.8 Å². The highest BCUT2D eigenvalue weighted by Gasteiger charge is 2.16. The normalized spacial score (nSPS) is 11.8. The van der Waals surface area contributed by atoms with Crippen LogP contribution in [0.25, 0.3) is 0 Å². The van der Waals surface area contributed by atoms with E-state index in [0.29, 0.717) is 5.56 Å². The maximum atomic E-state index is 12.1. The number of esters is 1. The number of carbonyl (C=O) groups excluding carboxylic acids is 2. The van der Waals surface area contributed by atoms with Crippen molar-refractivity contribution < 1.29 is 22.7 Å². The second-order valence-electron chi connectivity index (χ2n) is 7.37. The molecule has 0 aliphatic rings. The van der Waals surface area contributed by atoms with Crippen molar-refractivity contribution in [2.75, 3.05) is 18.2 Å². The number of sulfone groups is 1. The highest BCUT2D eigenvalue weighted by molar-refractivity contribution is 7.90. The van der Waals surface area contributed by atoms with Crippen molar-refractivity contribution in [1.29, 1.82) is 0 Å². The van der Waals surface area contributed by atoms with Gasteiger partial charge in [-0.2, -0.15) is 0 Å². The highest BCUT2D eigenvalue weighted by atomic mass is 35.5. The summed E-state index contributed by atoms with van der Waals surface area (Å²) in [5.74, 6) is -1.26. The third kappa shape index (κ3) is 5.81. The molecule has 8 heteroatoms. The van der Waals surface area contributed by atoms with Gasteiger partial charge in [-0.3, -0.25) is 4.79 Å². The number of carbonyl (C=O) groups is 2. The van der Waals surface area contributed by atoms with E-state index in [-0.39, 0.29) is 21.0 Å². The van der Waals surface area contributed by atoms with Gasteiger partial charge in [0.2, 0.25) is 0 Å². The van der Waals surface area contributed by atoms with Crippen LogP contribution in [0.5, 0.6) is 0 Å². The van der Waals surface area contributed by atoms with E-state index in [1.54, 1.807) is 12.1 Å². The molecule has 0 aliphatic carbocycles. The van der Waals surface area contributed by atoms with Crippen LogP contribution in [0.2, 0.25) is 5.02 Å². The largest absolute Gasteiger partial charge is 0.452 e. The summed E-state index contributed by atoms with van der Waals surface area (Å²) in [4.78, 5) is 24.2. The molecule has 150 valence electrons. The summed E-state index contributed by atoms with van der Waals surface area (Å²) in [5, 5.41) is 2.62. The van der Waals surface area contributed by atoms with E-state index in [1.165, 1.54) is 18.2 Å². The minimum Gasteiger partial charge on any atom is -0.452 e. The number of hydrogen-bond acceptors (Lipinski definition) is 5. The molecule has 1 N–H and O–H groups in total. The molecule has 0 saturated heterocycles. The number of halogens is 1. The Kier molecular flexibility index (Phi) is 6.52. The summed E-state index contributed by atoms with van der Waals surface area (Å²) >= 11 is 5.98. The van der Waals surface area contributed by atoms with Gasteiger partial charge in [-0.15, -0.1) is 0 Å². The number of benzene rings is 2. The Bertz CT molecular complexity index is 992. The molecule has 0 aliphatic heterocycles. The topological polar surface area (TPSA) is 89.5 Å². The van der Waals surface area contributed by atoms with Gasteiger partial charge in [0.05, 0.1) is 21.2 Å². The molecule has 0 fully saturated rings. The summed E-state index contributed by atoms with van der Waals surface area (Å²) in [7, 11) is -3.45. The molecular weight excluding hydrogens is 402 g/mol. The standard InChI is InChI=1S/C20H22ClNO5S/c1-20(2,3)14-7-5-13(6-8-14)19(24)27-12-18(23)22-17-11-15(28(4,25)26)9-10-16(17)21/h5-11H,12H2,1-4H3,(H,22,23). The first-order valence-corrected chi connectivity index (χ1v) is 10.7. The van der Waals surface area contributed by atoms with Crippen LogP contribution in [0.15, 0.2) is 47.4 Å². The van der Waals surface area contributed by atoms with Gasteiger partial charge in [0, 0.05) is 6.26 Å². The first-order chi connectivity index (χ1) is 12.9. The van der Waals surface area contributed by atoms with Crippen LogP contribution < -0.4 is 5.32 Å². The van der Waals surface area contributed by atoms with E-state index >= 15 is 0 Å². The van der Waals surface area contributed by atoms with Crippen molar-refractivity contribution in [3.8, 4) is 0 Å². The van der Waals surface area contributed by atoms with Crippen LogP contribution in [-0.4, -0.2) is 33.2 Å². The monoisotopic (exact) mass is 423 g/mol. The summed E-state index contributed by atoms with van der Waals surface area (Å²) in [6.07, 6.45) is 1.05. The van der Waals surface area contributed by atoms with E-state index < -0.39 is 28.3 Å². The summed E-state index contributed by atoms with van der Waals surface area (Å²) in [6, 6.07) is 10.9. The summed E-state index contributed by atoms with van der Waals surface area (Å²) in [6.45, 7) is 5.66. The van der Waals surface area contributed by atoms with Gasteiger partial charge in [0.25, 0.3) is 5.91 Å². The highest BCUT2D eigenvalue weighted by Crippen LogP contribution is 2.25. The molecule has 2 aromatic carbocycles. The third-order valence-electron chi connectivity index (χ3n) is 3.96. The van der Waals surface area contributed by atoms with Crippen molar-refractivity contribution >= 4 is 39.0 Å². The van der Waals surface area contributed by atoms with E-state index in [4.69, 9.17) is 16.3 Å². The zero-order chi connectivity index (χ0) is 21.1. The first kappa shape index (κ1) is 21.9. The molecule has 0 radical (unpaired) electrons. The average Bonchev–Trinajstić information content (AvgIpc) is 2.60. The first-order valence-electron chi connectivity index (χ1n) is 8.45. The van der Waals surface area contributed by atoms with Crippen LogP contribution in [0.4, 0.5) is 5.69 Å². The Morgan fingerprint density at radius 1 is 1.07 bits per heavy atom. The number of hydrogen-bond donors (Lipinski definition) is 1. The van der Waals surface area contributed by atoms with E-state index in [2.05, 4.69) is 26.1 Å². The summed E-state index contributed by atoms with van der Waals surface area (Å²) < 4.78 is 28.2. The maximum absolute atomic E-state index is 12.1. The lowest BCUT2D eigenvalue weighted by atomic mass is 9.87. The molecule has 0 spiro atoms. The third-order valence-corrected chi connectivity index (χ3v) is 5.40. The molecule has 0 heterocycles. The van der Waals surface area contributed by atoms with Gasteiger partial charge >= 0.3 is 5.97 Å². The Morgan fingerprint density at radius 2 is 1.68 bits per heavy atom. The fraction of sp³-hybridized carbons (Fsp3) is 0.300. The van der Waals surface area contributed by atoms with Crippen molar-refractivity contribution in [2.24, 2.45) is 0 Å².